The van der Waals surface area contributed by atoms with E-state index in [1.807, 2.05) is 44.2 Å². The maximum atomic E-state index is 13.0. The van der Waals surface area contributed by atoms with Crippen LogP contribution >= 0.6 is 0 Å². The van der Waals surface area contributed by atoms with Gasteiger partial charge in [-0.05, 0) is 23.6 Å². The van der Waals surface area contributed by atoms with Gasteiger partial charge in [0.2, 0.25) is 5.91 Å². The minimum Gasteiger partial charge on any atom is -0.340 e. The number of hydrogen-bond acceptors (Lipinski definition) is 4. The zero-order valence-corrected chi connectivity index (χ0v) is 16.4. The van der Waals surface area contributed by atoms with Crippen molar-refractivity contribution in [2.45, 2.75) is 31.3 Å². The molecule has 7 heteroatoms. The van der Waals surface area contributed by atoms with E-state index in [4.69, 9.17) is 0 Å². The summed E-state index contributed by atoms with van der Waals surface area (Å²) in [5, 5.41) is 0. The van der Waals surface area contributed by atoms with Gasteiger partial charge in [0.1, 0.15) is 11.9 Å². The Balaban J connectivity index is 1.88. The van der Waals surface area contributed by atoms with Crippen molar-refractivity contribution >= 4 is 21.8 Å². The summed E-state index contributed by atoms with van der Waals surface area (Å²) < 4.78 is 27.0. The Labute approximate surface area is 160 Å². The normalized spacial score (nSPS) is 17.4. The van der Waals surface area contributed by atoms with E-state index in [0.717, 1.165) is 5.56 Å². The molecule has 2 aromatic carbocycles. The monoisotopic (exact) mass is 385 g/mol. The predicted octanol–water partition coefficient (Wildman–Crippen LogP) is 2.41. The molecule has 1 aliphatic heterocycles. The largest absolute Gasteiger partial charge is 0.340 e. The van der Waals surface area contributed by atoms with E-state index in [0.29, 0.717) is 12.1 Å². The molecule has 1 heterocycles. The highest BCUT2D eigenvalue weighted by molar-refractivity contribution is 7.90. The van der Waals surface area contributed by atoms with E-state index in [1.165, 1.54) is 6.07 Å². The average Bonchev–Trinajstić information content (AvgIpc) is 2.90. The van der Waals surface area contributed by atoms with Crippen molar-refractivity contribution in [3.05, 3.63) is 65.7 Å². The number of sulfonamides is 1. The second kappa shape index (κ2) is 7.52. The topological polar surface area (TPSA) is 78.8 Å². The molecule has 1 amide bonds. The van der Waals surface area contributed by atoms with Gasteiger partial charge in [0.15, 0.2) is 0 Å². The van der Waals surface area contributed by atoms with Crippen LogP contribution in [0, 0.1) is 5.92 Å². The van der Waals surface area contributed by atoms with Crippen molar-refractivity contribution < 1.29 is 13.2 Å². The first-order valence-electron chi connectivity index (χ1n) is 8.78. The fraction of sp³-hybridized carbons (Fsp3) is 0.300. The van der Waals surface area contributed by atoms with Gasteiger partial charge in [0.05, 0.1) is 4.90 Å². The molecule has 0 saturated heterocycles. The Morgan fingerprint density at radius 2 is 1.70 bits per heavy atom. The molecule has 6 nitrogen and oxygen atoms in total. The lowest BCUT2D eigenvalue weighted by molar-refractivity contribution is -0.132. The molecule has 0 fully saturated rings. The third kappa shape index (κ3) is 4.03. The zero-order valence-electron chi connectivity index (χ0n) is 15.6. The lowest BCUT2D eigenvalue weighted by Gasteiger charge is -2.24. The Bertz CT molecular complexity index is 969. The predicted molar refractivity (Wildman–Crippen MR) is 105 cm³/mol. The smallest absolute Gasteiger partial charge is 0.263 e. The maximum absolute atomic E-state index is 13.0. The molecule has 0 radical (unpaired) electrons. The van der Waals surface area contributed by atoms with Crippen molar-refractivity contribution in [2.24, 2.45) is 10.9 Å². The molecule has 1 aliphatic rings. The second-order valence-corrected chi connectivity index (χ2v) is 8.60. The summed E-state index contributed by atoms with van der Waals surface area (Å²) >= 11 is 0. The summed E-state index contributed by atoms with van der Waals surface area (Å²) in [6.07, 6.45) is 0. The molecule has 3 rings (SSSR count). The molecule has 0 spiro atoms. The minimum atomic E-state index is -3.63. The molecule has 2 aromatic rings. The average molecular weight is 385 g/mol. The molecule has 0 aromatic heterocycles. The van der Waals surface area contributed by atoms with Gasteiger partial charge in [0.25, 0.3) is 10.0 Å². The highest BCUT2D eigenvalue weighted by atomic mass is 32.2. The van der Waals surface area contributed by atoms with E-state index >= 15 is 0 Å². The Morgan fingerprint density at radius 3 is 2.37 bits per heavy atom. The standard InChI is InChI=1S/C20H23N3O3S/c1-14(2)18(20(24)23(3)13-15-9-5-4-6-10-15)21-19-16-11-7-8-12-17(16)27(25,26)22-19/h4-12,14,18H,13H2,1-3H3,(H,21,22)/t18-/m1/s1. The molecule has 0 unspecified atom stereocenters. The van der Waals surface area contributed by atoms with E-state index in [9.17, 15) is 13.2 Å². The third-order valence-electron chi connectivity index (χ3n) is 4.45. The second-order valence-electron chi connectivity index (χ2n) is 6.95. The highest BCUT2D eigenvalue weighted by Gasteiger charge is 2.33. The number of nitrogens with one attached hydrogen (secondary N) is 1. The van der Waals surface area contributed by atoms with Gasteiger partial charge < -0.3 is 4.90 Å². The van der Waals surface area contributed by atoms with Crippen LogP contribution in [-0.2, 0) is 21.4 Å². The number of rotatable bonds is 5. The van der Waals surface area contributed by atoms with E-state index in [-0.39, 0.29) is 22.6 Å². The Morgan fingerprint density at radius 1 is 1.07 bits per heavy atom. The quantitative estimate of drug-likeness (QED) is 0.858. The van der Waals surface area contributed by atoms with Crippen LogP contribution in [0.15, 0.2) is 64.5 Å². The number of amidine groups is 1. The molecule has 1 N–H and O–H groups in total. The fourth-order valence-electron chi connectivity index (χ4n) is 3.02. The van der Waals surface area contributed by atoms with Crippen LogP contribution in [0.1, 0.15) is 25.0 Å². The number of hydrogen-bond donors (Lipinski definition) is 1. The first kappa shape index (κ1) is 19.1. The van der Waals surface area contributed by atoms with Crippen LogP contribution in [0.2, 0.25) is 0 Å². The van der Waals surface area contributed by atoms with Crippen LogP contribution in [-0.4, -0.2) is 38.2 Å². The zero-order chi connectivity index (χ0) is 19.6. The first-order valence-corrected chi connectivity index (χ1v) is 10.3. The molecule has 0 saturated carbocycles. The van der Waals surface area contributed by atoms with Gasteiger partial charge in [0, 0.05) is 19.2 Å². The van der Waals surface area contributed by atoms with Crippen LogP contribution in [0.25, 0.3) is 0 Å². The molecular weight excluding hydrogens is 362 g/mol. The van der Waals surface area contributed by atoms with Gasteiger partial charge in [-0.2, -0.15) is 0 Å². The number of nitrogens with zero attached hydrogens (tertiary/aromatic N) is 2. The molecule has 142 valence electrons. The van der Waals surface area contributed by atoms with Crippen molar-refractivity contribution in [3.8, 4) is 0 Å². The maximum Gasteiger partial charge on any atom is 0.263 e. The summed E-state index contributed by atoms with van der Waals surface area (Å²) in [5.41, 5.74) is 1.53. The number of carbonyl (C=O) groups is 1. The number of amides is 1. The van der Waals surface area contributed by atoms with Gasteiger partial charge in [-0.1, -0.05) is 56.3 Å². The lowest BCUT2D eigenvalue weighted by atomic mass is 10.0. The first-order chi connectivity index (χ1) is 12.8. The number of carbonyl (C=O) groups excluding carboxylic acids is 1. The van der Waals surface area contributed by atoms with E-state index in [2.05, 4.69) is 9.71 Å². The number of fused-ring (bicyclic) bond motifs is 1. The Hall–Kier alpha value is -2.67. The van der Waals surface area contributed by atoms with Crippen molar-refractivity contribution in [2.75, 3.05) is 7.05 Å². The van der Waals surface area contributed by atoms with Crippen LogP contribution in [0.5, 0.6) is 0 Å². The lowest BCUT2D eigenvalue weighted by Crippen LogP contribution is -2.39. The van der Waals surface area contributed by atoms with E-state index in [1.54, 1.807) is 30.1 Å². The molecular formula is C20H23N3O3S. The summed E-state index contributed by atoms with van der Waals surface area (Å²) in [6, 6.07) is 15.7. The highest BCUT2D eigenvalue weighted by Crippen LogP contribution is 2.24. The van der Waals surface area contributed by atoms with Crippen LogP contribution < -0.4 is 4.72 Å². The summed E-state index contributed by atoms with van der Waals surface area (Å²) in [6.45, 7) is 4.27. The number of benzene rings is 2. The van der Waals surface area contributed by atoms with Crippen molar-refractivity contribution in [1.82, 2.24) is 9.62 Å². The van der Waals surface area contributed by atoms with E-state index < -0.39 is 16.1 Å². The van der Waals surface area contributed by atoms with Crippen LogP contribution in [0.4, 0.5) is 0 Å². The summed E-state index contributed by atoms with van der Waals surface area (Å²) in [5.74, 6) is -0.00353. The molecule has 0 aliphatic carbocycles. The summed E-state index contributed by atoms with van der Waals surface area (Å²) in [7, 11) is -1.89. The third-order valence-corrected chi connectivity index (χ3v) is 5.85. The SMILES string of the molecule is CC(C)[C@@H](N=C1NS(=O)(=O)c2ccccc21)C(=O)N(C)Cc1ccccc1. The van der Waals surface area contributed by atoms with Gasteiger partial charge >= 0.3 is 0 Å². The van der Waals surface area contributed by atoms with Crippen molar-refractivity contribution in [3.63, 3.8) is 0 Å². The summed E-state index contributed by atoms with van der Waals surface area (Å²) in [4.78, 5) is 19.3. The van der Waals surface area contributed by atoms with Crippen molar-refractivity contribution in [1.29, 1.82) is 0 Å². The minimum absolute atomic E-state index is 0.0829. The Kier molecular flexibility index (Phi) is 5.32. The number of likely N-dealkylation sites (N-methyl/N-ethyl adjacent to an activating group) is 1. The van der Waals surface area contributed by atoms with Gasteiger partial charge in [-0.3, -0.25) is 14.5 Å². The molecule has 27 heavy (non-hydrogen) atoms. The molecule has 1 atom stereocenters. The fourth-order valence-corrected chi connectivity index (χ4v) is 4.26. The van der Waals surface area contributed by atoms with Gasteiger partial charge in [-0.25, -0.2) is 8.42 Å². The molecule has 0 bridgehead atoms. The van der Waals surface area contributed by atoms with Gasteiger partial charge in [-0.15, -0.1) is 0 Å². The number of aliphatic imine (C=N–C) groups is 1. The van der Waals surface area contributed by atoms with Crippen LogP contribution in [0.3, 0.4) is 0 Å².